The van der Waals surface area contributed by atoms with Crippen LogP contribution < -0.4 is 0 Å². The number of esters is 1. The number of hydrogen-bond donors (Lipinski definition) is 0. The fraction of sp³-hybridized carbons (Fsp3) is 0.500. The van der Waals surface area contributed by atoms with Crippen LogP contribution in [0.3, 0.4) is 0 Å². The molecule has 0 spiro atoms. The first kappa shape index (κ1) is 16.6. The van der Waals surface area contributed by atoms with E-state index >= 15 is 0 Å². The summed E-state index contributed by atoms with van der Waals surface area (Å²) in [5.74, 6) is -0.242. The van der Waals surface area contributed by atoms with Crippen LogP contribution in [0.4, 0.5) is 0 Å². The smallest absolute Gasteiger partial charge is 0.339 e. The molecule has 1 aromatic rings. The zero-order valence-corrected chi connectivity index (χ0v) is 13.7. The highest BCUT2D eigenvalue weighted by atomic mass is 35.7. The van der Waals surface area contributed by atoms with E-state index in [-0.39, 0.29) is 15.5 Å². The third-order valence-electron chi connectivity index (χ3n) is 3.61. The van der Waals surface area contributed by atoms with Crippen molar-refractivity contribution < 1.29 is 17.9 Å². The summed E-state index contributed by atoms with van der Waals surface area (Å²) in [5, 5.41) is 0.146. The minimum atomic E-state index is -3.91. The number of halogens is 2. The summed E-state index contributed by atoms with van der Waals surface area (Å²) in [7, 11) is 1.36. The summed E-state index contributed by atoms with van der Waals surface area (Å²) >= 11 is 5.92. The van der Waals surface area contributed by atoms with Crippen molar-refractivity contribution in [3.63, 3.8) is 0 Å². The van der Waals surface area contributed by atoms with Crippen LogP contribution >= 0.6 is 22.3 Å². The van der Waals surface area contributed by atoms with E-state index in [4.69, 9.17) is 27.0 Å². The standard InChI is InChI=1S/C14H16Cl2O4S/c15-13-7-6-11(21(16,18)19)8-12(13)14(17)20-9-10-4-2-1-3-5-10/h6-8,10H,1-5,9H2. The maximum Gasteiger partial charge on any atom is 0.339 e. The zero-order chi connectivity index (χ0) is 15.5. The van der Waals surface area contributed by atoms with Gasteiger partial charge in [0.2, 0.25) is 0 Å². The molecule has 0 saturated heterocycles. The van der Waals surface area contributed by atoms with E-state index in [1.165, 1.54) is 18.6 Å². The van der Waals surface area contributed by atoms with Crippen LogP contribution in [0.1, 0.15) is 42.5 Å². The molecular weight excluding hydrogens is 335 g/mol. The highest BCUT2D eigenvalue weighted by Gasteiger charge is 2.20. The summed E-state index contributed by atoms with van der Waals surface area (Å²) < 4.78 is 27.8. The molecule has 116 valence electrons. The largest absolute Gasteiger partial charge is 0.462 e. The van der Waals surface area contributed by atoms with E-state index in [9.17, 15) is 13.2 Å². The number of benzene rings is 1. The average molecular weight is 351 g/mol. The third kappa shape index (κ3) is 4.59. The van der Waals surface area contributed by atoms with Gasteiger partial charge in [0.15, 0.2) is 0 Å². The van der Waals surface area contributed by atoms with E-state index < -0.39 is 15.0 Å². The van der Waals surface area contributed by atoms with Crippen molar-refractivity contribution in [3.8, 4) is 0 Å². The van der Waals surface area contributed by atoms with Gasteiger partial charge in [-0.2, -0.15) is 0 Å². The van der Waals surface area contributed by atoms with Crippen LogP contribution in [-0.4, -0.2) is 21.0 Å². The van der Waals surface area contributed by atoms with Crippen LogP contribution in [0.2, 0.25) is 5.02 Å². The maximum absolute atomic E-state index is 12.0. The molecule has 0 radical (unpaired) electrons. The molecule has 2 rings (SSSR count). The lowest BCUT2D eigenvalue weighted by atomic mass is 9.90. The van der Waals surface area contributed by atoms with Gasteiger partial charge in [-0.25, -0.2) is 13.2 Å². The second-order valence-electron chi connectivity index (χ2n) is 5.18. The van der Waals surface area contributed by atoms with E-state index in [1.54, 1.807) is 0 Å². The molecule has 1 saturated carbocycles. The lowest BCUT2D eigenvalue weighted by Crippen LogP contribution is -2.17. The molecule has 0 aromatic heterocycles. The molecule has 21 heavy (non-hydrogen) atoms. The van der Waals surface area contributed by atoms with Crippen molar-refractivity contribution in [1.29, 1.82) is 0 Å². The van der Waals surface area contributed by atoms with E-state index in [0.717, 1.165) is 31.7 Å². The van der Waals surface area contributed by atoms with Crippen molar-refractivity contribution in [1.82, 2.24) is 0 Å². The summed E-state index contributed by atoms with van der Waals surface area (Å²) in [5.41, 5.74) is 0.0224. The number of hydrogen-bond acceptors (Lipinski definition) is 4. The molecule has 0 unspecified atom stereocenters. The predicted octanol–water partition coefficient (Wildman–Crippen LogP) is 4.00. The first-order valence-corrected chi connectivity index (χ1v) is 9.48. The number of carbonyl (C=O) groups is 1. The van der Waals surface area contributed by atoms with Gasteiger partial charge in [-0.15, -0.1) is 0 Å². The minimum absolute atomic E-state index is 0.0224. The van der Waals surface area contributed by atoms with Gasteiger partial charge in [-0.1, -0.05) is 30.9 Å². The first-order chi connectivity index (χ1) is 9.88. The second-order valence-corrected chi connectivity index (χ2v) is 8.16. The van der Waals surface area contributed by atoms with Gasteiger partial charge in [-0.05, 0) is 37.0 Å². The van der Waals surface area contributed by atoms with Crippen molar-refractivity contribution in [3.05, 3.63) is 28.8 Å². The lowest BCUT2D eigenvalue weighted by molar-refractivity contribution is 0.0410. The number of ether oxygens (including phenoxy) is 1. The number of rotatable bonds is 4. The zero-order valence-electron chi connectivity index (χ0n) is 11.3. The van der Waals surface area contributed by atoms with E-state index in [2.05, 4.69) is 0 Å². The molecule has 0 N–H and O–H groups in total. The lowest BCUT2D eigenvalue weighted by Gasteiger charge is -2.21. The highest BCUT2D eigenvalue weighted by molar-refractivity contribution is 8.13. The third-order valence-corrected chi connectivity index (χ3v) is 5.30. The fourth-order valence-electron chi connectivity index (χ4n) is 2.44. The summed E-state index contributed by atoms with van der Waals surface area (Å²) in [6, 6.07) is 3.73. The van der Waals surface area contributed by atoms with Gasteiger partial charge in [0, 0.05) is 10.7 Å². The molecule has 0 aliphatic heterocycles. The molecule has 1 aromatic carbocycles. The van der Waals surface area contributed by atoms with Gasteiger partial charge >= 0.3 is 5.97 Å². The molecule has 4 nitrogen and oxygen atoms in total. The molecule has 0 atom stereocenters. The van der Waals surface area contributed by atoms with Gasteiger partial charge in [-0.3, -0.25) is 0 Å². The van der Waals surface area contributed by atoms with Crippen LogP contribution in [0.25, 0.3) is 0 Å². The Hall–Kier alpha value is -0.780. The predicted molar refractivity (Wildman–Crippen MR) is 81.3 cm³/mol. The van der Waals surface area contributed by atoms with Crippen LogP contribution in [0, 0.1) is 5.92 Å². The monoisotopic (exact) mass is 350 g/mol. The first-order valence-electron chi connectivity index (χ1n) is 6.79. The Bertz CT molecular complexity index is 622. The quantitative estimate of drug-likeness (QED) is 0.608. The van der Waals surface area contributed by atoms with Gasteiger partial charge < -0.3 is 4.74 Å². The van der Waals surface area contributed by atoms with Crippen molar-refractivity contribution in [2.45, 2.75) is 37.0 Å². The fourth-order valence-corrected chi connectivity index (χ4v) is 3.41. The Kier molecular flexibility index (Phi) is 5.52. The van der Waals surface area contributed by atoms with E-state index in [1.807, 2.05) is 0 Å². The van der Waals surface area contributed by atoms with Crippen LogP contribution in [0.5, 0.6) is 0 Å². The Balaban J connectivity index is 2.07. The molecule has 1 aliphatic carbocycles. The molecular formula is C14H16Cl2O4S. The summed E-state index contributed by atoms with van der Waals surface area (Å²) in [4.78, 5) is 11.9. The molecule has 0 amide bonds. The van der Waals surface area contributed by atoms with Crippen molar-refractivity contribution in [2.75, 3.05) is 6.61 Å². The molecule has 0 bridgehead atoms. The summed E-state index contributed by atoms with van der Waals surface area (Å²) in [6.45, 7) is 0.340. The highest BCUT2D eigenvalue weighted by Crippen LogP contribution is 2.26. The van der Waals surface area contributed by atoms with Crippen LogP contribution in [-0.2, 0) is 13.8 Å². The molecule has 0 heterocycles. The second kappa shape index (κ2) is 6.99. The van der Waals surface area contributed by atoms with Gasteiger partial charge in [0.1, 0.15) is 0 Å². The summed E-state index contributed by atoms with van der Waals surface area (Å²) in [6.07, 6.45) is 5.64. The average Bonchev–Trinajstić information content (AvgIpc) is 2.45. The molecule has 1 aliphatic rings. The Morgan fingerprint density at radius 1 is 1.24 bits per heavy atom. The Labute approximate surface area is 133 Å². The normalized spacial score (nSPS) is 16.7. The Morgan fingerprint density at radius 3 is 2.52 bits per heavy atom. The van der Waals surface area contributed by atoms with Gasteiger partial charge in [0.05, 0.1) is 22.1 Å². The van der Waals surface area contributed by atoms with Crippen molar-refractivity contribution >= 4 is 37.3 Å². The van der Waals surface area contributed by atoms with Crippen LogP contribution in [0.15, 0.2) is 23.1 Å². The topological polar surface area (TPSA) is 60.4 Å². The number of carbonyl (C=O) groups excluding carboxylic acids is 1. The maximum atomic E-state index is 12.0. The Morgan fingerprint density at radius 2 is 1.90 bits per heavy atom. The molecule has 7 heteroatoms. The van der Waals surface area contributed by atoms with Gasteiger partial charge in [0.25, 0.3) is 9.05 Å². The minimum Gasteiger partial charge on any atom is -0.462 e. The van der Waals surface area contributed by atoms with Crippen molar-refractivity contribution in [2.24, 2.45) is 5.92 Å². The SMILES string of the molecule is O=C(OCC1CCCCC1)c1cc(S(=O)(=O)Cl)ccc1Cl. The van der Waals surface area contributed by atoms with E-state index in [0.29, 0.717) is 12.5 Å². The molecule has 1 fully saturated rings.